The highest BCUT2D eigenvalue weighted by Crippen LogP contribution is 2.34. The minimum Gasteiger partial charge on any atom is -0.342 e. The van der Waals surface area contributed by atoms with Crippen molar-refractivity contribution in [1.29, 1.82) is 0 Å². The van der Waals surface area contributed by atoms with E-state index in [2.05, 4.69) is 20.1 Å². The molecular formula is C30H34F3N7O2. The van der Waals surface area contributed by atoms with Crippen molar-refractivity contribution < 1.29 is 18.0 Å². The molecule has 1 unspecified atom stereocenters. The standard InChI is InChI=1S/C30H34F3N7O2/c1-20-4-10-34-27(16-20)40-26-17-23(30(31,32)33)2-3-25(26)39(29(40)42)24-8-14-38(15-9-24)28(41)22-6-12-37(13-7-22)19-21-5-11-35-36-18-21/h2-3,5,10-11,16-18,20,22,24H,4,6-9,12-15,19H2,1H3. The molecule has 1 atom stereocenters. The number of aromatic nitrogens is 4. The number of alkyl halides is 3. The van der Waals surface area contributed by atoms with E-state index in [0.29, 0.717) is 43.7 Å². The Labute approximate surface area is 241 Å². The molecule has 12 heteroatoms. The molecule has 222 valence electrons. The topological polar surface area (TPSA) is 88.6 Å². The number of amides is 1. The molecule has 9 nitrogen and oxygen atoms in total. The van der Waals surface area contributed by atoms with Gasteiger partial charge in [-0.05, 0) is 87.0 Å². The molecule has 2 fully saturated rings. The normalized spacial score (nSPS) is 21.2. The summed E-state index contributed by atoms with van der Waals surface area (Å²) in [5, 5.41) is 7.75. The van der Waals surface area contributed by atoms with Gasteiger partial charge in [-0.2, -0.15) is 23.4 Å². The first-order valence-corrected chi connectivity index (χ1v) is 14.5. The summed E-state index contributed by atoms with van der Waals surface area (Å²) in [5.74, 6) is 0.583. The van der Waals surface area contributed by atoms with Gasteiger partial charge >= 0.3 is 11.9 Å². The van der Waals surface area contributed by atoms with Gasteiger partial charge < -0.3 is 4.90 Å². The van der Waals surface area contributed by atoms with Crippen molar-refractivity contribution in [2.75, 3.05) is 26.2 Å². The molecule has 0 aliphatic carbocycles. The van der Waals surface area contributed by atoms with Crippen LogP contribution in [0.4, 0.5) is 13.2 Å². The van der Waals surface area contributed by atoms with Crippen molar-refractivity contribution in [3.05, 3.63) is 64.3 Å². The van der Waals surface area contributed by atoms with Crippen LogP contribution >= 0.6 is 0 Å². The minimum atomic E-state index is -4.53. The lowest BCUT2D eigenvalue weighted by Gasteiger charge is -2.37. The maximum Gasteiger partial charge on any atom is 0.416 e. The van der Waals surface area contributed by atoms with E-state index in [4.69, 9.17) is 0 Å². The number of hydrogen-bond acceptors (Lipinski definition) is 6. The minimum absolute atomic E-state index is 0.0307. The third kappa shape index (κ3) is 5.64. The van der Waals surface area contributed by atoms with E-state index in [1.54, 1.807) is 23.2 Å². The second kappa shape index (κ2) is 11.5. The van der Waals surface area contributed by atoms with Crippen molar-refractivity contribution in [2.24, 2.45) is 16.8 Å². The van der Waals surface area contributed by atoms with Crippen LogP contribution in [0.25, 0.3) is 16.9 Å². The van der Waals surface area contributed by atoms with Gasteiger partial charge in [0.1, 0.15) is 5.82 Å². The maximum atomic E-state index is 13.8. The zero-order valence-electron chi connectivity index (χ0n) is 23.5. The van der Waals surface area contributed by atoms with E-state index in [1.165, 1.54) is 10.6 Å². The molecule has 0 saturated carbocycles. The predicted molar refractivity (Wildman–Crippen MR) is 153 cm³/mol. The summed E-state index contributed by atoms with van der Waals surface area (Å²) in [7, 11) is 0. The third-order valence-electron chi connectivity index (χ3n) is 8.69. The fraction of sp³-hybridized carbons (Fsp3) is 0.500. The van der Waals surface area contributed by atoms with Crippen LogP contribution < -0.4 is 5.69 Å². The number of piperidine rings is 2. The lowest BCUT2D eigenvalue weighted by atomic mass is 9.93. The first kappa shape index (κ1) is 28.3. The predicted octanol–water partition coefficient (Wildman–Crippen LogP) is 4.60. The number of aliphatic imine (C=N–C) groups is 1. The first-order valence-electron chi connectivity index (χ1n) is 14.5. The molecule has 1 amide bonds. The number of carbonyl (C=O) groups is 1. The van der Waals surface area contributed by atoms with Gasteiger partial charge in [0.15, 0.2) is 0 Å². The van der Waals surface area contributed by atoms with Gasteiger partial charge in [0.05, 0.1) is 22.8 Å². The Hall–Kier alpha value is -3.80. The summed E-state index contributed by atoms with van der Waals surface area (Å²) in [6, 6.07) is 5.17. The van der Waals surface area contributed by atoms with E-state index in [9.17, 15) is 22.8 Å². The Morgan fingerprint density at radius 1 is 1.00 bits per heavy atom. The molecule has 6 rings (SSSR count). The molecule has 0 bridgehead atoms. The first-order chi connectivity index (χ1) is 20.2. The quantitative estimate of drug-likeness (QED) is 0.440. The van der Waals surface area contributed by atoms with E-state index in [-0.39, 0.29) is 29.3 Å². The number of benzene rings is 1. The Kier molecular flexibility index (Phi) is 7.73. The van der Waals surface area contributed by atoms with Crippen LogP contribution in [-0.4, -0.2) is 67.4 Å². The second-order valence-electron chi connectivity index (χ2n) is 11.6. The molecule has 3 aliphatic rings. The van der Waals surface area contributed by atoms with Gasteiger partial charge in [-0.15, -0.1) is 0 Å². The number of hydrogen-bond donors (Lipinski definition) is 0. The fourth-order valence-electron chi connectivity index (χ4n) is 6.39. The maximum absolute atomic E-state index is 13.8. The summed E-state index contributed by atoms with van der Waals surface area (Å²) in [4.78, 5) is 35.8. The molecule has 42 heavy (non-hydrogen) atoms. The highest BCUT2D eigenvalue weighted by Gasteiger charge is 2.35. The summed E-state index contributed by atoms with van der Waals surface area (Å²) in [5.41, 5.74) is 0.537. The van der Waals surface area contributed by atoms with E-state index in [1.807, 2.05) is 24.0 Å². The van der Waals surface area contributed by atoms with Crippen LogP contribution in [0.15, 0.2) is 52.5 Å². The molecule has 3 aliphatic heterocycles. The zero-order valence-corrected chi connectivity index (χ0v) is 23.5. The number of carbonyl (C=O) groups excluding carboxylic acids is 1. The van der Waals surface area contributed by atoms with Crippen molar-refractivity contribution in [1.82, 2.24) is 29.1 Å². The lowest BCUT2D eigenvalue weighted by Crippen LogP contribution is -2.46. The molecule has 2 saturated heterocycles. The third-order valence-corrected chi connectivity index (χ3v) is 8.69. The fourth-order valence-corrected chi connectivity index (χ4v) is 6.39. The van der Waals surface area contributed by atoms with Crippen LogP contribution in [0.2, 0.25) is 0 Å². The largest absolute Gasteiger partial charge is 0.416 e. The average molecular weight is 582 g/mol. The SMILES string of the molecule is CC1C=C(n2c(=O)n(C3CCN(C(=O)C4CCN(Cc5ccnnc5)CC4)CC3)c3ccc(C(F)(F)F)cc32)N=CC1. The molecule has 3 aromatic rings. The molecule has 2 aromatic heterocycles. The Morgan fingerprint density at radius 2 is 1.76 bits per heavy atom. The molecular weight excluding hydrogens is 547 g/mol. The molecule has 0 N–H and O–H groups in total. The van der Waals surface area contributed by atoms with Gasteiger partial charge in [0.25, 0.3) is 0 Å². The summed E-state index contributed by atoms with van der Waals surface area (Å²) in [6.45, 7) is 5.44. The number of nitrogens with zero attached hydrogens (tertiary/aromatic N) is 7. The second-order valence-corrected chi connectivity index (χ2v) is 11.6. The zero-order chi connectivity index (χ0) is 29.4. The van der Waals surface area contributed by atoms with Crippen molar-refractivity contribution in [3.63, 3.8) is 0 Å². The number of rotatable bonds is 5. The summed E-state index contributed by atoms with van der Waals surface area (Å²) in [6.07, 6.45) is 5.84. The van der Waals surface area contributed by atoms with Gasteiger partial charge in [-0.25, -0.2) is 14.4 Å². The van der Waals surface area contributed by atoms with Gasteiger partial charge in [-0.3, -0.25) is 14.3 Å². The van der Waals surface area contributed by atoms with Crippen LogP contribution in [0, 0.1) is 11.8 Å². The van der Waals surface area contributed by atoms with Crippen molar-refractivity contribution in [2.45, 2.75) is 57.8 Å². The summed E-state index contributed by atoms with van der Waals surface area (Å²) < 4.78 is 43.8. The number of allylic oxidation sites excluding steroid dienone is 1. The number of likely N-dealkylation sites (tertiary alicyclic amines) is 2. The van der Waals surface area contributed by atoms with Crippen molar-refractivity contribution in [3.8, 4) is 0 Å². The highest BCUT2D eigenvalue weighted by atomic mass is 19.4. The Balaban J connectivity index is 1.17. The van der Waals surface area contributed by atoms with E-state index in [0.717, 1.165) is 50.2 Å². The lowest BCUT2D eigenvalue weighted by molar-refractivity contribution is -0.138. The summed E-state index contributed by atoms with van der Waals surface area (Å²) >= 11 is 0. The molecule has 1 aromatic carbocycles. The van der Waals surface area contributed by atoms with Crippen LogP contribution in [0.3, 0.4) is 0 Å². The van der Waals surface area contributed by atoms with Crippen LogP contribution in [-0.2, 0) is 17.5 Å². The number of fused-ring (bicyclic) bond motifs is 1. The molecule has 0 spiro atoms. The van der Waals surface area contributed by atoms with Crippen LogP contribution in [0.1, 0.15) is 56.2 Å². The van der Waals surface area contributed by atoms with Gasteiger partial charge in [0.2, 0.25) is 5.91 Å². The van der Waals surface area contributed by atoms with Gasteiger partial charge in [0, 0.05) is 44.0 Å². The van der Waals surface area contributed by atoms with Crippen LogP contribution in [0.5, 0.6) is 0 Å². The monoisotopic (exact) mass is 581 g/mol. The van der Waals surface area contributed by atoms with Crippen molar-refractivity contribution >= 4 is 29.0 Å². The number of imidazole rings is 1. The van der Waals surface area contributed by atoms with E-state index < -0.39 is 17.4 Å². The highest BCUT2D eigenvalue weighted by molar-refractivity contribution is 5.83. The van der Waals surface area contributed by atoms with E-state index >= 15 is 0 Å². The Bertz CT molecular complexity index is 1560. The molecule has 0 radical (unpaired) electrons. The smallest absolute Gasteiger partial charge is 0.342 e. The number of halogens is 3. The molecule has 5 heterocycles. The van der Waals surface area contributed by atoms with Gasteiger partial charge in [-0.1, -0.05) is 6.92 Å². The Morgan fingerprint density at radius 3 is 2.43 bits per heavy atom. The average Bonchev–Trinajstić information content (AvgIpc) is 3.28.